The zero-order valence-electron chi connectivity index (χ0n) is 11.7. The summed E-state index contributed by atoms with van der Waals surface area (Å²) in [4.78, 5) is 2.76. The molecule has 1 fully saturated rings. The summed E-state index contributed by atoms with van der Waals surface area (Å²) in [5.41, 5.74) is 9.21. The van der Waals surface area contributed by atoms with Gasteiger partial charge in [-0.05, 0) is 37.3 Å². The normalized spacial score (nSPS) is 16.3. The molecule has 0 unspecified atom stereocenters. The second-order valence-corrected chi connectivity index (χ2v) is 5.71. The van der Waals surface area contributed by atoms with Crippen LogP contribution in [-0.4, -0.2) is 31.8 Å². The summed E-state index contributed by atoms with van der Waals surface area (Å²) in [5, 5.41) is 0. The molecular formula is C15H22N2OS. The second-order valence-electron chi connectivity index (χ2n) is 5.27. The number of thiocarbonyl (C=S) groups is 1. The van der Waals surface area contributed by atoms with Gasteiger partial charge in [-0.15, -0.1) is 0 Å². The van der Waals surface area contributed by atoms with E-state index >= 15 is 0 Å². The Labute approximate surface area is 120 Å². The second kappa shape index (κ2) is 6.35. The Bertz CT molecular complexity index is 455. The van der Waals surface area contributed by atoms with Crippen LogP contribution < -0.4 is 10.6 Å². The van der Waals surface area contributed by atoms with Crippen LogP contribution in [-0.2, 0) is 4.74 Å². The average Bonchev–Trinajstić information content (AvgIpc) is 2.39. The van der Waals surface area contributed by atoms with Gasteiger partial charge in [-0.3, -0.25) is 0 Å². The number of hydrogen-bond donors (Lipinski definition) is 1. The van der Waals surface area contributed by atoms with Crippen molar-refractivity contribution in [3.8, 4) is 0 Å². The smallest absolute Gasteiger partial charge is 0.106 e. The van der Waals surface area contributed by atoms with E-state index in [9.17, 15) is 0 Å². The lowest BCUT2D eigenvalue weighted by Crippen LogP contribution is -2.31. The van der Waals surface area contributed by atoms with Gasteiger partial charge in [-0.25, -0.2) is 0 Å². The number of benzene rings is 1. The minimum Gasteiger partial charge on any atom is -0.389 e. The van der Waals surface area contributed by atoms with Crippen molar-refractivity contribution in [2.24, 2.45) is 11.7 Å². The lowest BCUT2D eigenvalue weighted by atomic mass is 9.98. The fourth-order valence-electron chi connectivity index (χ4n) is 2.77. The monoisotopic (exact) mass is 278 g/mol. The van der Waals surface area contributed by atoms with E-state index in [1.165, 1.54) is 11.3 Å². The molecule has 0 saturated carbocycles. The Morgan fingerprint density at radius 3 is 2.74 bits per heavy atom. The molecule has 2 N–H and O–H groups in total. The fourth-order valence-corrected chi connectivity index (χ4v) is 2.94. The van der Waals surface area contributed by atoms with Gasteiger partial charge in [-0.1, -0.05) is 24.4 Å². The van der Waals surface area contributed by atoms with Crippen molar-refractivity contribution in [2.45, 2.75) is 19.8 Å². The Morgan fingerprint density at radius 2 is 2.11 bits per heavy atom. The molecule has 4 heteroatoms. The molecule has 0 amide bonds. The van der Waals surface area contributed by atoms with Crippen LogP contribution in [0.15, 0.2) is 18.2 Å². The van der Waals surface area contributed by atoms with E-state index in [4.69, 9.17) is 22.7 Å². The molecule has 0 aliphatic carbocycles. The molecule has 1 aliphatic rings. The third-order valence-corrected chi connectivity index (χ3v) is 3.98. The highest BCUT2D eigenvalue weighted by Gasteiger charge is 2.19. The number of para-hydroxylation sites is 1. The van der Waals surface area contributed by atoms with Gasteiger partial charge in [0.1, 0.15) is 4.99 Å². The van der Waals surface area contributed by atoms with Crippen LogP contribution in [0.1, 0.15) is 24.0 Å². The van der Waals surface area contributed by atoms with Gasteiger partial charge in [-0.2, -0.15) is 0 Å². The highest BCUT2D eigenvalue weighted by atomic mass is 32.1. The number of anilines is 1. The molecule has 1 aliphatic heterocycles. The number of nitrogens with zero attached hydrogens (tertiary/aromatic N) is 1. The number of hydrogen-bond acceptors (Lipinski definition) is 3. The van der Waals surface area contributed by atoms with Gasteiger partial charge in [0.25, 0.3) is 0 Å². The highest BCUT2D eigenvalue weighted by molar-refractivity contribution is 7.80. The first-order chi connectivity index (χ1) is 9.09. The number of aryl methyl sites for hydroxylation is 1. The van der Waals surface area contributed by atoms with E-state index in [1.807, 2.05) is 12.1 Å². The van der Waals surface area contributed by atoms with Crippen molar-refractivity contribution < 1.29 is 4.74 Å². The van der Waals surface area contributed by atoms with Crippen molar-refractivity contribution in [2.75, 3.05) is 31.7 Å². The number of nitrogens with two attached hydrogens (primary N) is 1. The molecule has 19 heavy (non-hydrogen) atoms. The van der Waals surface area contributed by atoms with E-state index in [-0.39, 0.29) is 0 Å². The lowest BCUT2D eigenvalue weighted by Gasteiger charge is -2.30. The van der Waals surface area contributed by atoms with Gasteiger partial charge in [0.2, 0.25) is 0 Å². The van der Waals surface area contributed by atoms with Crippen LogP contribution in [0.3, 0.4) is 0 Å². The Kier molecular flexibility index (Phi) is 4.77. The molecule has 0 aromatic heterocycles. The van der Waals surface area contributed by atoms with Crippen LogP contribution >= 0.6 is 12.2 Å². The lowest BCUT2D eigenvalue weighted by molar-refractivity contribution is 0.0685. The fraction of sp³-hybridized carbons (Fsp3) is 0.533. The summed E-state index contributed by atoms with van der Waals surface area (Å²) in [6.45, 7) is 4.91. The molecule has 1 aromatic carbocycles. The van der Waals surface area contributed by atoms with E-state index in [0.29, 0.717) is 10.9 Å². The van der Waals surface area contributed by atoms with Gasteiger partial charge in [0.05, 0.1) is 0 Å². The summed E-state index contributed by atoms with van der Waals surface area (Å²) < 4.78 is 5.41. The van der Waals surface area contributed by atoms with E-state index in [2.05, 4.69) is 24.9 Å². The molecule has 0 radical (unpaired) electrons. The topological polar surface area (TPSA) is 38.5 Å². The Hall–Kier alpha value is -1.13. The predicted molar refractivity (Wildman–Crippen MR) is 83.9 cm³/mol. The van der Waals surface area contributed by atoms with Crippen molar-refractivity contribution in [3.05, 3.63) is 29.3 Å². The highest BCUT2D eigenvalue weighted by Crippen LogP contribution is 2.26. The zero-order valence-corrected chi connectivity index (χ0v) is 12.5. The largest absolute Gasteiger partial charge is 0.389 e. The molecule has 3 nitrogen and oxygen atoms in total. The van der Waals surface area contributed by atoms with Crippen molar-refractivity contribution in [1.29, 1.82) is 0 Å². The van der Waals surface area contributed by atoms with Crippen LogP contribution in [0.4, 0.5) is 5.69 Å². The minimum absolute atomic E-state index is 0.470. The average molecular weight is 278 g/mol. The van der Waals surface area contributed by atoms with E-state index in [0.717, 1.165) is 38.2 Å². The first-order valence-electron chi connectivity index (χ1n) is 6.78. The van der Waals surface area contributed by atoms with E-state index in [1.54, 1.807) is 0 Å². The Balaban J connectivity index is 2.17. The van der Waals surface area contributed by atoms with Gasteiger partial charge in [0, 0.05) is 38.1 Å². The summed E-state index contributed by atoms with van der Waals surface area (Å²) in [5.74, 6) is 0.692. The van der Waals surface area contributed by atoms with Crippen LogP contribution in [0, 0.1) is 12.8 Å². The van der Waals surface area contributed by atoms with Crippen molar-refractivity contribution in [3.63, 3.8) is 0 Å². The standard InChI is InChI=1S/C15H22N2OS/c1-11-4-3-5-13(15(16)19)14(11)17(2)10-12-6-8-18-9-7-12/h3-5,12H,6-10H2,1-2H3,(H2,16,19). The maximum atomic E-state index is 5.84. The Morgan fingerprint density at radius 1 is 1.42 bits per heavy atom. The molecule has 0 spiro atoms. The van der Waals surface area contributed by atoms with Gasteiger partial charge >= 0.3 is 0 Å². The summed E-state index contributed by atoms with van der Waals surface area (Å²) in [6, 6.07) is 6.12. The molecule has 1 saturated heterocycles. The number of rotatable bonds is 4. The SMILES string of the molecule is Cc1cccc(C(N)=S)c1N(C)CC1CCOCC1. The summed E-state index contributed by atoms with van der Waals surface area (Å²) in [6.07, 6.45) is 2.28. The molecule has 2 rings (SSSR count). The van der Waals surface area contributed by atoms with Crippen LogP contribution in [0.5, 0.6) is 0 Å². The van der Waals surface area contributed by atoms with E-state index < -0.39 is 0 Å². The van der Waals surface area contributed by atoms with Crippen LogP contribution in [0.25, 0.3) is 0 Å². The molecule has 1 heterocycles. The maximum Gasteiger partial charge on any atom is 0.106 e. The predicted octanol–water partition coefficient (Wildman–Crippen LogP) is 2.49. The number of ether oxygens (including phenoxy) is 1. The molecule has 0 bridgehead atoms. The first-order valence-corrected chi connectivity index (χ1v) is 7.18. The molecular weight excluding hydrogens is 256 g/mol. The maximum absolute atomic E-state index is 5.84. The molecule has 0 atom stereocenters. The first kappa shape index (κ1) is 14.3. The van der Waals surface area contributed by atoms with Crippen molar-refractivity contribution in [1.82, 2.24) is 0 Å². The zero-order chi connectivity index (χ0) is 13.8. The van der Waals surface area contributed by atoms with Crippen molar-refractivity contribution >= 4 is 22.9 Å². The molecule has 104 valence electrons. The third kappa shape index (κ3) is 3.45. The van der Waals surface area contributed by atoms with Crippen LogP contribution in [0.2, 0.25) is 0 Å². The minimum atomic E-state index is 0.470. The molecule has 1 aromatic rings. The third-order valence-electron chi connectivity index (χ3n) is 3.76. The summed E-state index contributed by atoms with van der Waals surface area (Å²) in [7, 11) is 2.12. The van der Waals surface area contributed by atoms with Gasteiger partial charge in [0.15, 0.2) is 0 Å². The summed E-state index contributed by atoms with van der Waals surface area (Å²) >= 11 is 5.16. The quantitative estimate of drug-likeness (QED) is 0.859. The van der Waals surface area contributed by atoms with Gasteiger partial charge < -0.3 is 15.4 Å².